The smallest absolute Gasteiger partial charge is 0.165 e. The van der Waals surface area contributed by atoms with Crippen LogP contribution in [0.4, 0.5) is 0 Å². The number of nitrogens with zero attached hydrogens (tertiary/aromatic N) is 3. The molecule has 0 aliphatic carbocycles. The van der Waals surface area contributed by atoms with Crippen molar-refractivity contribution >= 4 is 15.9 Å². The molecule has 0 fully saturated rings. The van der Waals surface area contributed by atoms with Crippen molar-refractivity contribution in [2.24, 2.45) is 0 Å². The maximum Gasteiger partial charge on any atom is 0.165 e. The van der Waals surface area contributed by atoms with E-state index in [9.17, 15) is 0 Å². The normalized spacial score (nSPS) is 10.9. The van der Waals surface area contributed by atoms with Gasteiger partial charge < -0.3 is 4.74 Å². The minimum absolute atomic E-state index is 0.285. The molecule has 5 heteroatoms. The number of hydrogen-bond donors (Lipinski definition) is 0. The third-order valence-corrected chi connectivity index (χ3v) is 3.20. The molecule has 0 radical (unpaired) electrons. The van der Waals surface area contributed by atoms with Crippen LogP contribution in [0.3, 0.4) is 0 Å². The van der Waals surface area contributed by atoms with E-state index in [1.807, 2.05) is 29.8 Å². The van der Waals surface area contributed by atoms with Crippen molar-refractivity contribution in [1.29, 1.82) is 0 Å². The summed E-state index contributed by atoms with van der Waals surface area (Å²) in [5.41, 5.74) is 1.19. The number of rotatable bonds is 4. The lowest BCUT2D eigenvalue weighted by Crippen LogP contribution is -2.10. The van der Waals surface area contributed by atoms with E-state index in [2.05, 4.69) is 39.9 Å². The Labute approximate surface area is 115 Å². The molecule has 1 aromatic carbocycles. The van der Waals surface area contributed by atoms with E-state index in [0.717, 1.165) is 16.0 Å². The molecule has 4 nitrogen and oxygen atoms in total. The van der Waals surface area contributed by atoms with Crippen molar-refractivity contribution in [3.05, 3.63) is 40.4 Å². The van der Waals surface area contributed by atoms with Gasteiger partial charge in [0.25, 0.3) is 0 Å². The SMILES string of the molecule is Cc1ccc(OCc2ncnn2C(C)C)c(Br)c1. The second-order valence-corrected chi connectivity index (χ2v) is 5.29. The molecular weight excluding hydrogens is 294 g/mol. The van der Waals surface area contributed by atoms with Crippen molar-refractivity contribution in [3.63, 3.8) is 0 Å². The predicted octanol–water partition coefficient (Wildman–Crippen LogP) is 3.51. The van der Waals surface area contributed by atoms with Crippen LogP contribution in [0.25, 0.3) is 0 Å². The van der Waals surface area contributed by atoms with E-state index in [4.69, 9.17) is 4.74 Å². The monoisotopic (exact) mass is 309 g/mol. The van der Waals surface area contributed by atoms with Crippen molar-refractivity contribution < 1.29 is 4.74 Å². The Morgan fingerprint density at radius 1 is 1.39 bits per heavy atom. The first-order valence-electron chi connectivity index (χ1n) is 5.85. The third-order valence-electron chi connectivity index (χ3n) is 2.58. The fourth-order valence-corrected chi connectivity index (χ4v) is 2.28. The average Bonchev–Trinajstić information content (AvgIpc) is 2.76. The van der Waals surface area contributed by atoms with Crippen molar-refractivity contribution in [2.45, 2.75) is 33.4 Å². The lowest BCUT2D eigenvalue weighted by atomic mass is 10.2. The second-order valence-electron chi connectivity index (χ2n) is 4.44. The number of aromatic nitrogens is 3. The van der Waals surface area contributed by atoms with Gasteiger partial charge in [0.1, 0.15) is 18.7 Å². The molecule has 1 heterocycles. The van der Waals surface area contributed by atoms with E-state index in [1.54, 1.807) is 6.33 Å². The van der Waals surface area contributed by atoms with E-state index < -0.39 is 0 Å². The van der Waals surface area contributed by atoms with Crippen LogP contribution in [0, 0.1) is 6.92 Å². The lowest BCUT2D eigenvalue weighted by molar-refractivity contribution is 0.280. The van der Waals surface area contributed by atoms with Gasteiger partial charge in [0.15, 0.2) is 5.82 Å². The Kier molecular flexibility index (Phi) is 4.01. The molecule has 96 valence electrons. The largest absolute Gasteiger partial charge is 0.484 e. The quantitative estimate of drug-likeness (QED) is 0.867. The fraction of sp³-hybridized carbons (Fsp3) is 0.385. The Morgan fingerprint density at radius 3 is 2.83 bits per heavy atom. The molecular formula is C13H16BrN3O. The Morgan fingerprint density at radius 2 is 2.17 bits per heavy atom. The summed E-state index contributed by atoms with van der Waals surface area (Å²) >= 11 is 3.49. The van der Waals surface area contributed by atoms with Crippen LogP contribution in [0.1, 0.15) is 31.3 Å². The van der Waals surface area contributed by atoms with E-state index in [1.165, 1.54) is 5.56 Å². The van der Waals surface area contributed by atoms with Crippen molar-refractivity contribution in [2.75, 3.05) is 0 Å². The molecule has 0 aliphatic rings. The Bertz CT molecular complexity index is 537. The van der Waals surface area contributed by atoms with Crippen LogP contribution in [0.2, 0.25) is 0 Å². The molecule has 1 aromatic heterocycles. The minimum atomic E-state index is 0.285. The maximum absolute atomic E-state index is 5.76. The minimum Gasteiger partial charge on any atom is -0.484 e. The zero-order chi connectivity index (χ0) is 13.1. The van der Waals surface area contributed by atoms with Crippen molar-refractivity contribution in [3.8, 4) is 5.75 Å². The summed E-state index contributed by atoms with van der Waals surface area (Å²) in [5.74, 6) is 1.65. The molecule has 0 saturated heterocycles. The first-order valence-corrected chi connectivity index (χ1v) is 6.64. The molecule has 0 amide bonds. The summed E-state index contributed by atoms with van der Waals surface area (Å²) in [6.07, 6.45) is 1.56. The van der Waals surface area contributed by atoms with Gasteiger partial charge in [-0.3, -0.25) is 0 Å². The van der Waals surface area contributed by atoms with E-state index in [0.29, 0.717) is 6.61 Å². The van der Waals surface area contributed by atoms with Gasteiger partial charge >= 0.3 is 0 Å². The van der Waals surface area contributed by atoms with Gasteiger partial charge in [0.05, 0.1) is 4.47 Å². The number of hydrogen-bond acceptors (Lipinski definition) is 3. The highest BCUT2D eigenvalue weighted by molar-refractivity contribution is 9.10. The zero-order valence-electron chi connectivity index (χ0n) is 10.7. The second kappa shape index (κ2) is 5.52. The van der Waals surface area contributed by atoms with Gasteiger partial charge in [-0.25, -0.2) is 9.67 Å². The highest BCUT2D eigenvalue weighted by Gasteiger charge is 2.09. The molecule has 0 bridgehead atoms. The van der Waals surface area contributed by atoms with Gasteiger partial charge in [-0.15, -0.1) is 0 Å². The number of aryl methyl sites for hydroxylation is 1. The van der Waals surface area contributed by atoms with Gasteiger partial charge in [0, 0.05) is 6.04 Å². The molecule has 2 rings (SSSR count). The summed E-state index contributed by atoms with van der Waals surface area (Å²) < 4.78 is 8.58. The Balaban J connectivity index is 2.09. The fourth-order valence-electron chi connectivity index (χ4n) is 1.67. The topological polar surface area (TPSA) is 39.9 Å². The van der Waals surface area contributed by atoms with Crippen LogP contribution in [0.15, 0.2) is 29.0 Å². The lowest BCUT2D eigenvalue weighted by Gasteiger charge is -2.11. The molecule has 0 spiro atoms. The predicted molar refractivity (Wildman–Crippen MR) is 73.6 cm³/mol. The summed E-state index contributed by atoms with van der Waals surface area (Å²) in [6, 6.07) is 6.29. The van der Waals surface area contributed by atoms with Gasteiger partial charge in [0.2, 0.25) is 0 Å². The number of ether oxygens (including phenoxy) is 1. The van der Waals surface area contributed by atoms with E-state index >= 15 is 0 Å². The first-order chi connectivity index (χ1) is 8.58. The van der Waals surface area contributed by atoms with Gasteiger partial charge in [-0.2, -0.15) is 5.10 Å². The number of benzene rings is 1. The van der Waals surface area contributed by atoms with E-state index in [-0.39, 0.29) is 6.04 Å². The molecule has 0 aliphatic heterocycles. The van der Waals surface area contributed by atoms with Crippen LogP contribution >= 0.6 is 15.9 Å². The molecule has 0 unspecified atom stereocenters. The van der Waals surface area contributed by atoms with Crippen LogP contribution in [-0.4, -0.2) is 14.8 Å². The van der Waals surface area contributed by atoms with Crippen molar-refractivity contribution in [1.82, 2.24) is 14.8 Å². The molecule has 0 atom stereocenters. The number of halogens is 1. The van der Waals surface area contributed by atoms with Gasteiger partial charge in [-0.05, 0) is 54.4 Å². The summed E-state index contributed by atoms with van der Waals surface area (Å²) in [7, 11) is 0. The summed E-state index contributed by atoms with van der Waals surface area (Å²) in [4.78, 5) is 4.21. The average molecular weight is 310 g/mol. The van der Waals surface area contributed by atoms with Crippen LogP contribution < -0.4 is 4.74 Å². The molecule has 0 N–H and O–H groups in total. The highest BCUT2D eigenvalue weighted by Crippen LogP contribution is 2.26. The highest BCUT2D eigenvalue weighted by atomic mass is 79.9. The van der Waals surface area contributed by atoms with Crippen LogP contribution in [0.5, 0.6) is 5.75 Å². The third kappa shape index (κ3) is 2.90. The first kappa shape index (κ1) is 13.1. The Hall–Kier alpha value is -1.36. The zero-order valence-corrected chi connectivity index (χ0v) is 12.3. The summed E-state index contributed by atoms with van der Waals surface area (Å²) in [5, 5.41) is 4.18. The molecule has 0 saturated carbocycles. The standard InChI is InChI=1S/C13H16BrN3O/c1-9(2)17-13(15-8-16-17)7-18-12-5-4-10(3)6-11(12)14/h4-6,8-9H,7H2,1-3H3. The summed E-state index contributed by atoms with van der Waals surface area (Å²) in [6.45, 7) is 6.60. The molecule has 18 heavy (non-hydrogen) atoms. The maximum atomic E-state index is 5.76. The van der Waals surface area contributed by atoms with Crippen LogP contribution in [-0.2, 0) is 6.61 Å². The molecule has 2 aromatic rings. The van der Waals surface area contributed by atoms with Gasteiger partial charge in [-0.1, -0.05) is 6.07 Å².